The van der Waals surface area contributed by atoms with Gasteiger partial charge in [0.05, 0.1) is 23.0 Å². The van der Waals surface area contributed by atoms with E-state index in [0.717, 1.165) is 121 Å². The molecule has 30 heteroatoms. The van der Waals surface area contributed by atoms with Gasteiger partial charge in [0.15, 0.2) is 18.5 Å². The Hall–Kier alpha value is -18.3. The molecule has 4 amide bonds. The lowest BCUT2D eigenvalue weighted by Gasteiger charge is -2.19. The zero-order valence-corrected chi connectivity index (χ0v) is 76.7. The number of hydrogen-bond donors (Lipinski definition) is 5. The number of nitrogens with zero attached hydrogens (tertiary/aromatic N) is 4. The van der Waals surface area contributed by atoms with Crippen LogP contribution in [0.1, 0.15) is 78.8 Å². The molecule has 8 heterocycles. The van der Waals surface area contributed by atoms with Crippen molar-refractivity contribution in [1.82, 2.24) is 24.9 Å². The number of imidazole rings is 1. The molecule has 0 aliphatic rings. The number of anilines is 4. The quantitative estimate of drug-likeness (QED) is 0.0230. The molecule has 0 saturated heterocycles. The van der Waals surface area contributed by atoms with Crippen molar-refractivity contribution in [3.8, 4) is 11.4 Å². The molecule has 0 saturated carbocycles. The van der Waals surface area contributed by atoms with Crippen molar-refractivity contribution in [2.75, 3.05) is 21.3 Å². The largest absolute Gasteiger partial charge is 0.461 e. The molecule has 0 spiro atoms. The number of fused-ring (bicyclic) bond motifs is 8. The monoisotopic (exact) mass is 1890 g/mol. The second-order valence-corrected chi connectivity index (χ2v) is 32.6. The molecule has 140 heavy (non-hydrogen) atoms. The summed E-state index contributed by atoms with van der Waals surface area (Å²) in [5, 5.41) is 18.0. The molecule has 0 bridgehead atoms. The molecule has 0 aliphatic heterocycles. The first-order valence-corrected chi connectivity index (χ1v) is 44.2. The van der Waals surface area contributed by atoms with E-state index in [1.54, 1.807) is 85.1 Å². The first kappa shape index (κ1) is 94.9. The van der Waals surface area contributed by atoms with Crippen LogP contribution in [0.15, 0.2) is 362 Å². The van der Waals surface area contributed by atoms with Gasteiger partial charge in [-0.2, -0.15) is 0 Å². The summed E-state index contributed by atoms with van der Waals surface area (Å²) in [6, 6.07) is 92.7. The lowest BCUT2D eigenvalue weighted by atomic mass is 10.0. The molecule has 0 atom stereocenters. The second-order valence-electron chi connectivity index (χ2n) is 32.2. The van der Waals surface area contributed by atoms with Gasteiger partial charge >= 0.3 is 58.5 Å². The first-order valence-electron chi connectivity index (χ1n) is 43.9. The molecular formula is C110H86ClN9O20. The summed E-state index contributed by atoms with van der Waals surface area (Å²) in [5.74, 6) is 0.855. The summed E-state index contributed by atoms with van der Waals surface area (Å²) < 4.78 is 52.9. The number of rotatable bonds is 18. The van der Waals surface area contributed by atoms with E-state index < -0.39 is 58.6 Å². The van der Waals surface area contributed by atoms with Gasteiger partial charge in [-0.25, -0.2) is 63.1 Å². The number of carbonyl (C=O) groups excluding carboxylic acids is 5. The van der Waals surface area contributed by atoms with Crippen LogP contribution in [0.2, 0.25) is 5.15 Å². The summed E-state index contributed by atoms with van der Waals surface area (Å²) in [4.78, 5) is 139. The Morgan fingerprint density at radius 1 is 0.350 bits per heavy atom. The number of halogens is 1. The molecule has 29 nitrogen and oxygen atoms in total. The normalized spacial score (nSPS) is 10.9. The molecule has 0 radical (unpaired) electrons. The number of aromatic amines is 1. The molecule has 698 valence electrons. The first-order chi connectivity index (χ1) is 67.8. The van der Waals surface area contributed by atoms with E-state index in [2.05, 4.69) is 46.2 Å². The average molecular weight is 1890 g/mol. The van der Waals surface area contributed by atoms with Crippen molar-refractivity contribution in [1.29, 1.82) is 0 Å². The number of hydrogen-bond acceptors (Lipinski definition) is 24. The van der Waals surface area contributed by atoms with Crippen molar-refractivity contribution < 1.29 is 69.7 Å². The summed E-state index contributed by atoms with van der Waals surface area (Å²) >= 11 is 6.18. The Morgan fingerprint density at radius 3 is 1.32 bits per heavy atom. The Kier molecular flexibility index (Phi) is 29.7. The van der Waals surface area contributed by atoms with Crippen molar-refractivity contribution in [2.45, 2.75) is 80.5 Å². The van der Waals surface area contributed by atoms with Crippen LogP contribution in [-0.2, 0) is 61.3 Å². The maximum atomic E-state index is 12.6. The fourth-order valence-electron chi connectivity index (χ4n) is 15.3. The number of aryl methyl sites for hydroxylation is 6. The van der Waals surface area contributed by atoms with Gasteiger partial charge in [0.2, 0.25) is 0 Å². The van der Waals surface area contributed by atoms with E-state index in [4.69, 9.17) is 57.4 Å². The Labute approximate surface area is 801 Å². The maximum Gasteiger partial charge on any atom is 0.412 e. The Morgan fingerprint density at radius 2 is 0.779 bits per heavy atom. The van der Waals surface area contributed by atoms with Gasteiger partial charge in [0, 0.05) is 132 Å². The molecule has 20 rings (SSSR count). The standard InChI is InChI=1S/C24H19NO4.C23H19N3O4.C23H18O4.C21H15ClN2O4.C19H15N3O4/c1-16-14-22(26)28-21-13-12-19(15-20(16)21)25-24(27)29-23(17-8-4-2-5-9-17)18-10-6-3-7-11-18;1-14-10-21(27)30-20-11-18(8-9-19(14)20)26-23(28)29-13-17-12-24-22(25-15(17)2)16-6-4-3-5-7-16;1-15-11-23(25)27-21-12-16(9-10-19(15)21)13-22(24)26-14-18-7-4-6-17-5-2-3-8-20(17)18;1-12-8-19(25)28-18-10-15(6-7-16(12)18)23-21(26)27-11-14-9-13-4-2-3-5-17(13)24-20(14)22;1-11-8-18(23)26-16-9-12(6-7-13(11)16)20-19(24)25-10-17-21-14-4-2-3-5-15(14)22-17/h2-15,23H,1H3,(H,25,27);3-12H,13H2,1-2H3,(H,26,28);2-12H,13-14H2,1H3;2-10H,11H2,1H3,(H,23,26);2-9H,10H2,1H3,(H,20,24)(H,21,22). The zero-order valence-electron chi connectivity index (χ0n) is 76.0. The molecule has 8 aromatic heterocycles. The van der Waals surface area contributed by atoms with Crippen molar-refractivity contribution >= 4 is 152 Å². The van der Waals surface area contributed by atoms with E-state index in [-0.39, 0.29) is 44.0 Å². The highest BCUT2D eigenvalue weighted by molar-refractivity contribution is 6.30. The third-order valence-corrected chi connectivity index (χ3v) is 22.5. The van der Waals surface area contributed by atoms with Gasteiger partial charge in [-0.15, -0.1) is 0 Å². The molecule has 20 aromatic rings. The minimum absolute atomic E-state index is 0.0162. The van der Waals surface area contributed by atoms with Crippen LogP contribution >= 0.6 is 11.6 Å². The number of ether oxygens (including phenoxy) is 5. The van der Waals surface area contributed by atoms with Gasteiger partial charge in [-0.05, 0) is 187 Å². The summed E-state index contributed by atoms with van der Waals surface area (Å²) in [6.07, 6.45) is -1.23. The van der Waals surface area contributed by atoms with Crippen molar-refractivity contribution in [2.24, 2.45) is 0 Å². The number of nitrogens with one attached hydrogen (secondary N) is 5. The van der Waals surface area contributed by atoms with Gasteiger partial charge < -0.3 is 50.8 Å². The molecule has 0 fully saturated rings. The third kappa shape index (κ3) is 24.5. The Bertz CT molecular complexity index is 8320. The van der Waals surface area contributed by atoms with E-state index in [1.807, 2.05) is 242 Å². The summed E-state index contributed by atoms with van der Waals surface area (Å²) in [6.45, 7) is 11.3. The summed E-state index contributed by atoms with van der Waals surface area (Å²) in [7, 11) is 0. The summed E-state index contributed by atoms with van der Waals surface area (Å²) in [5.41, 5.74) is 15.0. The smallest absolute Gasteiger partial charge is 0.412 e. The lowest BCUT2D eigenvalue weighted by molar-refractivity contribution is -0.144. The fourth-order valence-corrected chi connectivity index (χ4v) is 15.5. The van der Waals surface area contributed by atoms with Gasteiger partial charge in [-0.3, -0.25) is 26.1 Å². The minimum atomic E-state index is -0.654. The molecule has 0 unspecified atom stereocenters. The van der Waals surface area contributed by atoms with Crippen LogP contribution in [0.25, 0.3) is 98.9 Å². The van der Waals surface area contributed by atoms with Crippen molar-refractivity contribution in [3.05, 3.63) is 446 Å². The SMILES string of the molecule is Cc1cc(=O)oc2cc(CC(=O)OCc3cccc4ccccc34)ccc12.Cc1cc(=O)oc2cc(NC(=O)OCc3cc4ccccc4nc3Cl)ccc12.Cc1cc(=O)oc2cc(NC(=O)OCc3nc4ccccc4[nH]3)ccc12.Cc1cc(=O)oc2ccc(NC(=O)OC(c3ccccc3)c3ccccc3)cc12.Cc1nc(-c2ccccc2)ncc1COC(=O)Nc1ccc2c(C)cc(=O)oc2c1. The number of amides is 4. The minimum Gasteiger partial charge on any atom is -0.461 e. The predicted molar refractivity (Wildman–Crippen MR) is 535 cm³/mol. The Balaban J connectivity index is 0.000000126. The number of carbonyl (C=O) groups is 5. The molecular weight excluding hydrogens is 1800 g/mol. The second kappa shape index (κ2) is 43.8. The van der Waals surface area contributed by atoms with E-state index >= 15 is 0 Å². The van der Waals surface area contributed by atoms with E-state index in [9.17, 15) is 47.9 Å². The molecule has 0 aliphatic carbocycles. The number of benzene rings is 12. The van der Waals surface area contributed by atoms with Crippen LogP contribution in [0.5, 0.6) is 0 Å². The highest BCUT2D eigenvalue weighted by atomic mass is 35.5. The van der Waals surface area contributed by atoms with Crippen LogP contribution in [0.3, 0.4) is 0 Å². The number of pyridine rings is 1. The lowest BCUT2D eigenvalue weighted by Crippen LogP contribution is -2.18. The highest BCUT2D eigenvalue weighted by Crippen LogP contribution is 2.32. The molecule has 5 N–H and O–H groups in total. The van der Waals surface area contributed by atoms with Gasteiger partial charge in [0.1, 0.15) is 58.7 Å². The average Bonchev–Trinajstić information content (AvgIpc) is 1.06. The number of H-pyrrole nitrogens is 1. The van der Waals surface area contributed by atoms with Gasteiger partial charge in [-0.1, -0.05) is 188 Å². The number of aromatic nitrogens is 5. The van der Waals surface area contributed by atoms with Gasteiger partial charge in [0.25, 0.3) is 0 Å². The zero-order chi connectivity index (χ0) is 97.9. The van der Waals surface area contributed by atoms with E-state index in [0.29, 0.717) is 73.4 Å². The van der Waals surface area contributed by atoms with Crippen LogP contribution in [0.4, 0.5) is 41.9 Å². The predicted octanol–water partition coefficient (Wildman–Crippen LogP) is 23.4. The highest BCUT2D eigenvalue weighted by Gasteiger charge is 2.22. The number of para-hydroxylation sites is 3. The van der Waals surface area contributed by atoms with Crippen molar-refractivity contribution in [3.63, 3.8) is 0 Å². The topological polar surface area (TPSA) is 398 Å². The number of esters is 1. The molecule has 12 aromatic carbocycles. The van der Waals surface area contributed by atoms with E-state index in [1.165, 1.54) is 30.3 Å². The third-order valence-electron chi connectivity index (χ3n) is 22.2. The maximum absolute atomic E-state index is 12.6. The van der Waals surface area contributed by atoms with Crippen LogP contribution in [0, 0.1) is 41.5 Å². The van der Waals surface area contributed by atoms with Crippen LogP contribution < -0.4 is 49.4 Å². The fraction of sp³-hybridized carbons (Fsp3) is 0.109. The van der Waals surface area contributed by atoms with Crippen LogP contribution in [-0.4, -0.2) is 55.3 Å².